The maximum atomic E-state index is 13.5. The molecule has 4 aliphatic rings. The average Bonchev–Trinajstić information content (AvgIpc) is 3.14. The summed E-state index contributed by atoms with van der Waals surface area (Å²) in [7, 11) is 0. The number of non-ortho nitro benzene ring substituents is 1. The molecule has 0 spiro atoms. The molecule has 3 aliphatic carbocycles. The standard InChI is InChI=1S/C27H20N2O6/c30-25-23-21-17-5-1-2-6-18(17)22(20-8-4-3-7-19(20)21)24(23)26(31)28(25)13-14-35-27(32)15-9-11-16(12-10-15)29(33)34/h1-12,21-24H,13-14H2/t21?,22?,23-,24+. The van der Waals surface area contributed by atoms with Gasteiger partial charge in [-0.1, -0.05) is 48.5 Å². The summed E-state index contributed by atoms with van der Waals surface area (Å²) in [6.45, 7) is -0.183. The van der Waals surface area contributed by atoms with Gasteiger partial charge < -0.3 is 4.74 Å². The molecule has 0 radical (unpaired) electrons. The second-order valence-corrected chi connectivity index (χ2v) is 9.03. The highest BCUT2D eigenvalue weighted by Gasteiger charge is 2.61. The van der Waals surface area contributed by atoms with E-state index in [0.29, 0.717) is 0 Å². The van der Waals surface area contributed by atoms with Gasteiger partial charge in [0.2, 0.25) is 11.8 Å². The van der Waals surface area contributed by atoms with Crippen molar-refractivity contribution in [2.75, 3.05) is 13.2 Å². The van der Waals surface area contributed by atoms with E-state index in [1.807, 2.05) is 48.5 Å². The fourth-order valence-electron chi connectivity index (χ4n) is 5.99. The van der Waals surface area contributed by atoms with Crippen LogP contribution >= 0.6 is 0 Å². The molecule has 7 rings (SSSR count). The minimum atomic E-state index is -0.670. The van der Waals surface area contributed by atoms with Crippen LogP contribution < -0.4 is 0 Å². The van der Waals surface area contributed by atoms with Gasteiger partial charge in [-0.05, 0) is 34.4 Å². The van der Waals surface area contributed by atoms with Crippen LogP contribution in [0.3, 0.4) is 0 Å². The molecule has 174 valence electrons. The van der Waals surface area contributed by atoms with E-state index in [1.165, 1.54) is 29.2 Å². The molecule has 0 unspecified atom stereocenters. The largest absolute Gasteiger partial charge is 0.460 e. The highest BCUT2D eigenvalue weighted by atomic mass is 16.6. The summed E-state index contributed by atoms with van der Waals surface area (Å²) in [5.41, 5.74) is 4.44. The highest BCUT2D eigenvalue weighted by Crippen LogP contribution is 2.60. The highest BCUT2D eigenvalue weighted by molar-refractivity contribution is 6.07. The normalized spacial score (nSPS) is 23.5. The van der Waals surface area contributed by atoms with E-state index in [4.69, 9.17) is 4.74 Å². The van der Waals surface area contributed by atoms with Crippen molar-refractivity contribution in [3.05, 3.63) is 111 Å². The number of likely N-dealkylation sites (tertiary alicyclic amines) is 1. The maximum absolute atomic E-state index is 13.5. The van der Waals surface area contributed by atoms with Crippen LogP contribution in [0.4, 0.5) is 5.69 Å². The molecule has 3 aromatic carbocycles. The van der Waals surface area contributed by atoms with Crippen LogP contribution in [0.2, 0.25) is 0 Å². The predicted octanol–water partition coefficient (Wildman–Crippen LogP) is 3.64. The number of carbonyl (C=O) groups is 3. The second-order valence-electron chi connectivity index (χ2n) is 9.03. The Labute approximate surface area is 200 Å². The molecule has 1 aliphatic heterocycles. The first-order valence-electron chi connectivity index (χ1n) is 11.4. The van der Waals surface area contributed by atoms with Crippen LogP contribution in [-0.4, -0.2) is 40.8 Å². The van der Waals surface area contributed by atoms with Crippen molar-refractivity contribution in [1.82, 2.24) is 4.90 Å². The summed E-state index contributed by atoms with van der Waals surface area (Å²) in [6, 6.07) is 21.1. The number of nitro benzene ring substituents is 1. The third-order valence-corrected chi connectivity index (χ3v) is 7.40. The topological polar surface area (TPSA) is 107 Å². The number of ether oxygens (including phenoxy) is 1. The molecule has 0 saturated carbocycles. The monoisotopic (exact) mass is 468 g/mol. The number of nitro groups is 1. The van der Waals surface area contributed by atoms with Crippen molar-refractivity contribution in [3.63, 3.8) is 0 Å². The molecule has 2 bridgehead atoms. The second kappa shape index (κ2) is 7.87. The lowest BCUT2D eigenvalue weighted by Gasteiger charge is -2.45. The molecule has 0 N–H and O–H groups in total. The van der Waals surface area contributed by atoms with Gasteiger partial charge in [-0.2, -0.15) is 0 Å². The minimum Gasteiger partial charge on any atom is -0.460 e. The number of nitrogens with zero attached hydrogens (tertiary/aromatic N) is 2. The molecule has 1 saturated heterocycles. The van der Waals surface area contributed by atoms with E-state index in [9.17, 15) is 24.5 Å². The van der Waals surface area contributed by atoms with Gasteiger partial charge in [-0.25, -0.2) is 4.79 Å². The van der Waals surface area contributed by atoms with Crippen LogP contribution in [0.25, 0.3) is 0 Å². The maximum Gasteiger partial charge on any atom is 0.338 e. The first-order chi connectivity index (χ1) is 17.0. The van der Waals surface area contributed by atoms with Gasteiger partial charge in [0.15, 0.2) is 0 Å². The molecular weight excluding hydrogens is 448 g/mol. The Kier molecular flexibility index (Phi) is 4.77. The van der Waals surface area contributed by atoms with Crippen molar-refractivity contribution in [3.8, 4) is 0 Å². The Hall–Kier alpha value is -4.33. The lowest BCUT2D eigenvalue weighted by Crippen LogP contribution is -2.41. The summed E-state index contributed by atoms with van der Waals surface area (Å²) >= 11 is 0. The summed E-state index contributed by atoms with van der Waals surface area (Å²) in [5.74, 6) is -2.43. The lowest BCUT2D eigenvalue weighted by molar-refractivity contribution is -0.384. The van der Waals surface area contributed by atoms with Crippen molar-refractivity contribution in [2.45, 2.75) is 11.8 Å². The van der Waals surface area contributed by atoms with Gasteiger partial charge in [-0.15, -0.1) is 0 Å². The predicted molar refractivity (Wildman–Crippen MR) is 124 cm³/mol. The number of benzene rings is 3. The van der Waals surface area contributed by atoms with E-state index in [-0.39, 0.29) is 48.1 Å². The summed E-state index contributed by atoms with van der Waals surface area (Å²) in [5, 5.41) is 10.8. The smallest absolute Gasteiger partial charge is 0.338 e. The van der Waals surface area contributed by atoms with Crippen molar-refractivity contribution >= 4 is 23.5 Å². The first-order valence-corrected chi connectivity index (χ1v) is 11.4. The number of rotatable bonds is 5. The fourth-order valence-corrected chi connectivity index (χ4v) is 5.99. The Bertz CT molecular complexity index is 1280. The van der Waals surface area contributed by atoms with Crippen molar-refractivity contribution < 1.29 is 24.0 Å². The first kappa shape index (κ1) is 21.2. The van der Waals surface area contributed by atoms with Gasteiger partial charge in [0.1, 0.15) is 6.61 Å². The third kappa shape index (κ3) is 3.10. The summed E-state index contributed by atoms with van der Waals surface area (Å²) in [4.78, 5) is 50.8. The fraction of sp³-hybridized carbons (Fsp3) is 0.222. The average molecular weight is 468 g/mol. The SMILES string of the molecule is O=C(OCCN1C(=O)[C@@H]2C3c4ccccc4C(c4ccccc43)[C@@H]2C1=O)c1ccc([N+](=O)[O-])cc1. The van der Waals surface area contributed by atoms with Gasteiger partial charge in [0.05, 0.1) is 28.9 Å². The van der Waals surface area contributed by atoms with Gasteiger partial charge in [-0.3, -0.25) is 24.6 Å². The lowest BCUT2D eigenvalue weighted by atomic mass is 9.55. The van der Waals surface area contributed by atoms with Crippen LogP contribution in [0, 0.1) is 22.0 Å². The van der Waals surface area contributed by atoms with E-state index in [1.54, 1.807) is 0 Å². The Morgan fingerprint density at radius 2 is 1.26 bits per heavy atom. The summed E-state index contributed by atoms with van der Waals surface area (Å²) in [6.07, 6.45) is 0. The van der Waals surface area contributed by atoms with Crippen LogP contribution in [-0.2, 0) is 14.3 Å². The van der Waals surface area contributed by atoms with Crippen molar-refractivity contribution in [2.24, 2.45) is 11.8 Å². The van der Waals surface area contributed by atoms with Crippen LogP contribution in [0.1, 0.15) is 44.4 Å². The third-order valence-electron chi connectivity index (χ3n) is 7.40. The number of hydrogen-bond acceptors (Lipinski definition) is 6. The van der Waals surface area contributed by atoms with Crippen LogP contribution in [0.15, 0.2) is 72.8 Å². The quantitative estimate of drug-likeness (QED) is 0.245. The number of imide groups is 1. The minimum absolute atomic E-state index is 0.0322. The van der Waals surface area contributed by atoms with E-state index in [0.717, 1.165) is 22.3 Å². The molecule has 1 heterocycles. The van der Waals surface area contributed by atoms with Crippen molar-refractivity contribution in [1.29, 1.82) is 0 Å². The van der Waals surface area contributed by atoms with E-state index < -0.39 is 22.7 Å². The molecule has 8 nitrogen and oxygen atoms in total. The zero-order valence-corrected chi connectivity index (χ0v) is 18.5. The summed E-state index contributed by atoms with van der Waals surface area (Å²) < 4.78 is 5.28. The van der Waals surface area contributed by atoms with E-state index >= 15 is 0 Å². The molecule has 3 aromatic rings. The Balaban J connectivity index is 1.22. The van der Waals surface area contributed by atoms with Crippen LogP contribution in [0.5, 0.6) is 0 Å². The number of amides is 2. The molecule has 35 heavy (non-hydrogen) atoms. The molecular formula is C27H20N2O6. The molecule has 2 atom stereocenters. The Morgan fingerprint density at radius 1 is 0.800 bits per heavy atom. The Morgan fingerprint density at radius 3 is 1.69 bits per heavy atom. The molecule has 1 fully saturated rings. The molecule has 8 heteroatoms. The zero-order chi connectivity index (χ0) is 24.3. The number of hydrogen-bond donors (Lipinski definition) is 0. The molecule has 0 aromatic heterocycles. The zero-order valence-electron chi connectivity index (χ0n) is 18.5. The van der Waals surface area contributed by atoms with Gasteiger partial charge in [0, 0.05) is 24.0 Å². The van der Waals surface area contributed by atoms with Gasteiger partial charge in [0.25, 0.3) is 5.69 Å². The number of carbonyl (C=O) groups excluding carboxylic acids is 3. The molecule has 2 amide bonds. The van der Waals surface area contributed by atoms with E-state index in [2.05, 4.69) is 0 Å². The number of esters is 1. The van der Waals surface area contributed by atoms with Gasteiger partial charge >= 0.3 is 5.97 Å².